The molecule has 1 N–H and O–H groups in total. The highest BCUT2D eigenvalue weighted by Gasteiger charge is 2.21. The molecular weight excluding hydrogens is 449 g/mol. The van der Waals surface area contributed by atoms with Crippen LogP contribution in [0.15, 0.2) is 22.7 Å². The summed E-state index contributed by atoms with van der Waals surface area (Å²) in [7, 11) is 1.67. The molecule has 7 heteroatoms. The van der Waals surface area contributed by atoms with Gasteiger partial charge in [-0.2, -0.15) is 0 Å². The molecule has 0 aliphatic carbocycles. The third-order valence-corrected chi connectivity index (χ3v) is 4.78. The Morgan fingerprint density at radius 1 is 1.38 bits per heavy atom. The molecule has 0 unspecified atom stereocenters. The van der Waals surface area contributed by atoms with E-state index in [-0.39, 0.29) is 18.4 Å². The van der Waals surface area contributed by atoms with Gasteiger partial charge in [-0.05, 0) is 40.8 Å². The number of amides is 2. The average molecular weight is 466 g/mol. The van der Waals surface area contributed by atoms with Gasteiger partial charge in [0.1, 0.15) is 0 Å². The Balaban J connectivity index is 2.02. The summed E-state index contributed by atoms with van der Waals surface area (Å²) in [5.74, 6) is -0.137. The molecule has 1 saturated heterocycles. The highest BCUT2D eigenvalue weighted by atomic mass is 127. The number of nitrogens with zero attached hydrogens (tertiary/aromatic N) is 2. The largest absolute Gasteiger partial charge is 0.339 e. The van der Waals surface area contributed by atoms with E-state index in [2.05, 4.69) is 43.8 Å². The molecule has 0 aromatic heterocycles. The quantitative estimate of drug-likeness (QED) is 0.689. The van der Waals surface area contributed by atoms with Gasteiger partial charge in [-0.1, -0.05) is 15.9 Å². The Morgan fingerprint density at radius 3 is 2.71 bits per heavy atom. The molecule has 0 atom stereocenters. The Bertz CT molecular complexity index is 547. The van der Waals surface area contributed by atoms with E-state index in [1.807, 2.05) is 12.1 Å². The molecule has 5 nitrogen and oxygen atoms in total. The molecule has 1 aromatic carbocycles. The summed E-state index contributed by atoms with van der Waals surface area (Å²) in [4.78, 5) is 27.9. The minimum absolute atomic E-state index is 0.00245. The van der Waals surface area contributed by atoms with Crippen molar-refractivity contribution < 1.29 is 9.59 Å². The number of piperazine rings is 1. The van der Waals surface area contributed by atoms with Gasteiger partial charge in [0.05, 0.1) is 12.1 Å². The Morgan fingerprint density at radius 2 is 2.05 bits per heavy atom. The van der Waals surface area contributed by atoms with E-state index >= 15 is 0 Å². The molecule has 1 aromatic rings. The number of halogens is 2. The monoisotopic (exact) mass is 465 g/mol. The number of benzene rings is 1. The minimum atomic E-state index is -0.135. The van der Waals surface area contributed by atoms with Gasteiger partial charge in [0.2, 0.25) is 5.91 Å². The third-order valence-electron chi connectivity index (χ3n) is 3.35. The van der Waals surface area contributed by atoms with Crippen LogP contribution >= 0.6 is 38.5 Å². The zero-order valence-corrected chi connectivity index (χ0v) is 15.5. The topological polar surface area (TPSA) is 52.7 Å². The van der Waals surface area contributed by atoms with Gasteiger partial charge in [0.25, 0.3) is 5.91 Å². The van der Waals surface area contributed by atoms with Crippen LogP contribution in [0.1, 0.15) is 10.4 Å². The van der Waals surface area contributed by atoms with E-state index in [9.17, 15) is 9.59 Å². The lowest BCUT2D eigenvalue weighted by Crippen LogP contribution is -2.49. The van der Waals surface area contributed by atoms with Crippen molar-refractivity contribution in [2.75, 3.05) is 39.8 Å². The van der Waals surface area contributed by atoms with E-state index in [4.69, 9.17) is 0 Å². The number of hydrogen-bond acceptors (Lipinski definition) is 3. The van der Waals surface area contributed by atoms with Gasteiger partial charge in [-0.3, -0.25) is 9.59 Å². The second kappa shape index (κ2) is 7.55. The summed E-state index contributed by atoms with van der Waals surface area (Å²) >= 11 is 5.50. The van der Waals surface area contributed by atoms with Gasteiger partial charge < -0.3 is 15.1 Å². The van der Waals surface area contributed by atoms with E-state index in [1.165, 1.54) is 4.90 Å². The number of rotatable bonds is 3. The molecule has 1 heterocycles. The Labute approximate surface area is 146 Å². The molecule has 114 valence electrons. The molecule has 1 fully saturated rings. The molecular formula is C14H17BrIN3O2. The fourth-order valence-electron chi connectivity index (χ4n) is 2.16. The predicted octanol–water partition coefficient (Wildman–Crippen LogP) is 1.56. The summed E-state index contributed by atoms with van der Waals surface area (Å²) in [6.07, 6.45) is 0. The lowest BCUT2D eigenvalue weighted by Gasteiger charge is -2.29. The van der Waals surface area contributed by atoms with Gasteiger partial charge in [-0.25, -0.2) is 0 Å². The van der Waals surface area contributed by atoms with Gasteiger partial charge in [0, 0.05) is 41.3 Å². The first-order valence-electron chi connectivity index (χ1n) is 6.68. The minimum Gasteiger partial charge on any atom is -0.339 e. The summed E-state index contributed by atoms with van der Waals surface area (Å²) in [5, 5.41) is 3.20. The van der Waals surface area contributed by atoms with Crippen molar-refractivity contribution in [1.29, 1.82) is 0 Å². The number of carbonyl (C=O) groups excluding carboxylic acids is 2. The van der Waals surface area contributed by atoms with Crippen LogP contribution in [0.5, 0.6) is 0 Å². The van der Waals surface area contributed by atoms with Crippen molar-refractivity contribution in [3.63, 3.8) is 0 Å². The van der Waals surface area contributed by atoms with Gasteiger partial charge >= 0.3 is 0 Å². The second-order valence-corrected chi connectivity index (χ2v) is 6.99. The molecule has 0 bridgehead atoms. The SMILES string of the molecule is CN(CC(=O)N1CCNCC1)C(=O)c1cc(Br)ccc1I. The number of hydrogen-bond donors (Lipinski definition) is 1. The first-order valence-corrected chi connectivity index (χ1v) is 8.55. The smallest absolute Gasteiger partial charge is 0.255 e. The predicted molar refractivity (Wildman–Crippen MR) is 93.3 cm³/mol. The summed E-state index contributed by atoms with van der Waals surface area (Å²) < 4.78 is 1.73. The highest BCUT2D eigenvalue weighted by molar-refractivity contribution is 14.1. The maximum atomic E-state index is 12.5. The van der Waals surface area contributed by atoms with Crippen molar-refractivity contribution in [2.24, 2.45) is 0 Å². The van der Waals surface area contributed by atoms with E-state index < -0.39 is 0 Å². The zero-order chi connectivity index (χ0) is 15.4. The Kier molecular flexibility index (Phi) is 6.00. The van der Waals surface area contributed by atoms with Crippen LogP contribution in [0.2, 0.25) is 0 Å². The number of nitrogens with one attached hydrogen (secondary N) is 1. The lowest BCUT2D eigenvalue weighted by molar-refractivity contribution is -0.132. The standard InChI is InChI=1S/C14H17BrIN3O2/c1-18(9-13(20)19-6-4-17-5-7-19)14(21)11-8-10(15)2-3-12(11)16/h2-3,8,17H,4-7,9H2,1H3. The fraction of sp³-hybridized carbons (Fsp3) is 0.429. The first-order chi connectivity index (χ1) is 9.99. The summed E-state index contributed by atoms with van der Waals surface area (Å²) in [6.45, 7) is 3.14. The van der Waals surface area contributed by atoms with Crippen molar-refractivity contribution in [3.8, 4) is 0 Å². The van der Waals surface area contributed by atoms with Crippen LogP contribution in [0.4, 0.5) is 0 Å². The van der Waals surface area contributed by atoms with E-state index in [1.54, 1.807) is 18.0 Å². The molecule has 21 heavy (non-hydrogen) atoms. The normalized spacial score (nSPS) is 14.9. The zero-order valence-electron chi connectivity index (χ0n) is 11.7. The highest BCUT2D eigenvalue weighted by Crippen LogP contribution is 2.19. The second-order valence-electron chi connectivity index (χ2n) is 4.92. The van der Waals surface area contributed by atoms with Crippen LogP contribution < -0.4 is 5.32 Å². The molecule has 2 rings (SSSR count). The van der Waals surface area contributed by atoms with Gasteiger partial charge in [-0.15, -0.1) is 0 Å². The molecule has 2 amide bonds. The van der Waals surface area contributed by atoms with Gasteiger partial charge in [0.15, 0.2) is 0 Å². The van der Waals surface area contributed by atoms with E-state index in [0.717, 1.165) is 21.1 Å². The maximum Gasteiger partial charge on any atom is 0.255 e. The van der Waals surface area contributed by atoms with Crippen molar-refractivity contribution in [2.45, 2.75) is 0 Å². The van der Waals surface area contributed by atoms with Crippen LogP contribution in [-0.4, -0.2) is 61.4 Å². The molecule has 1 aliphatic heterocycles. The summed E-state index contributed by atoms with van der Waals surface area (Å²) in [5.41, 5.74) is 0.612. The molecule has 0 spiro atoms. The fourth-order valence-corrected chi connectivity index (χ4v) is 3.08. The Hall–Kier alpha value is -0.670. The van der Waals surface area contributed by atoms with Crippen LogP contribution in [0.3, 0.4) is 0 Å². The molecule has 1 aliphatic rings. The maximum absolute atomic E-state index is 12.5. The van der Waals surface area contributed by atoms with Crippen LogP contribution in [0.25, 0.3) is 0 Å². The van der Waals surface area contributed by atoms with E-state index in [0.29, 0.717) is 18.7 Å². The van der Waals surface area contributed by atoms with Crippen LogP contribution in [-0.2, 0) is 4.79 Å². The molecule has 0 saturated carbocycles. The number of carbonyl (C=O) groups is 2. The first kappa shape index (κ1) is 16.7. The average Bonchev–Trinajstić information content (AvgIpc) is 2.49. The van der Waals surface area contributed by atoms with Crippen molar-refractivity contribution in [3.05, 3.63) is 31.8 Å². The van der Waals surface area contributed by atoms with Crippen molar-refractivity contribution >= 4 is 50.3 Å². The van der Waals surface area contributed by atoms with Crippen LogP contribution in [0, 0.1) is 3.57 Å². The molecule has 0 radical (unpaired) electrons. The lowest BCUT2D eigenvalue weighted by atomic mass is 10.2. The van der Waals surface area contributed by atoms with Crippen molar-refractivity contribution in [1.82, 2.24) is 15.1 Å². The third kappa shape index (κ3) is 4.40. The summed E-state index contributed by atoms with van der Waals surface area (Å²) in [6, 6.07) is 5.56. The number of likely N-dealkylation sites (N-methyl/N-ethyl adjacent to an activating group) is 1.